The van der Waals surface area contributed by atoms with E-state index < -0.39 is 0 Å². The fraction of sp³-hybridized carbons (Fsp3) is 0.458. The van der Waals surface area contributed by atoms with Crippen LogP contribution in [-0.2, 0) is 16.1 Å². The lowest BCUT2D eigenvalue weighted by Gasteiger charge is -2.26. The Morgan fingerprint density at radius 3 is 2.63 bits per heavy atom. The molecule has 1 saturated heterocycles. The molecule has 1 amide bonds. The number of morpholine rings is 1. The van der Waals surface area contributed by atoms with Crippen molar-refractivity contribution in [3.8, 4) is 11.5 Å². The van der Waals surface area contributed by atoms with Gasteiger partial charge in [0.15, 0.2) is 18.1 Å². The predicted molar refractivity (Wildman–Crippen MR) is 117 cm³/mol. The molecule has 6 nitrogen and oxygen atoms in total. The third-order valence-electron chi connectivity index (χ3n) is 5.38. The second kappa shape index (κ2) is 10.5. The number of benzene rings is 2. The van der Waals surface area contributed by atoms with Crippen LogP contribution >= 0.6 is 0 Å². The van der Waals surface area contributed by atoms with E-state index in [0.29, 0.717) is 11.5 Å². The minimum atomic E-state index is -0.163. The van der Waals surface area contributed by atoms with Crippen molar-refractivity contribution in [3.63, 3.8) is 0 Å². The Morgan fingerprint density at radius 2 is 1.90 bits per heavy atom. The molecule has 1 fully saturated rings. The van der Waals surface area contributed by atoms with Crippen LogP contribution in [0.25, 0.3) is 0 Å². The highest BCUT2D eigenvalue weighted by molar-refractivity contribution is 5.78. The summed E-state index contributed by atoms with van der Waals surface area (Å²) in [7, 11) is 1.60. The van der Waals surface area contributed by atoms with Crippen molar-refractivity contribution in [2.45, 2.75) is 33.4 Å². The number of rotatable bonds is 8. The molecule has 2 aromatic carbocycles. The molecule has 1 N–H and O–H groups in total. The molecule has 0 aliphatic carbocycles. The zero-order valence-electron chi connectivity index (χ0n) is 18.4. The van der Waals surface area contributed by atoms with Gasteiger partial charge in [0.25, 0.3) is 5.91 Å². The van der Waals surface area contributed by atoms with E-state index in [9.17, 15) is 4.79 Å². The quantitative estimate of drug-likeness (QED) is 0.720. The van der Waals surface area contributed by atoms with Crippen LogP contribution in [-0.4, -0.2) is 50.8 Å². The summed E-state index contributed by atoms with van der Waals surface area (Å²) < 4.78 is 16.7. The maximum absolute atomic E-state index is 12.5. The molecule has 3 rings (SSSR count). The minimum absolute atomic E-state index is 0.0629. The highest BCUT2D eigenvalue weighted by Crippen LogP contribution is 2.29. The fourth-order valence-electron chi connectivity index (χ4n) is 3.68. The largest absolute Gasteiger partial charge is 0.493 e. The second-order valence-electron chi connectivity index (χ2n) is 7.81. The molecule has 0 radical (unpaired) electrons. The van der Waals surface area contributed by atoms with Gasteiger partial charge in [0, 0.05) is 19.6 Å². The van der Waals surface area contributed by atoms with Gasteiger partial charge in [-0.3, -0.25) is 9.69 Å². The average Bonchev–Trinajstić information content (AvgIpc) is 2.74. The van der Waals surface area contributed by atoms with E-state index in [1.54, 1.807) is 7.11 Å². The SMILES string of the molecule is COc1ccc(CN2CCOCC2)cc1OCC(=O)NC(C)c1cc(C)ccc1C. The van der Waals surface area contributed by atoms with Gasteiger partial charge >= 0.3 is 0 Å². The average molecular weight is 413 g/mol. The summed E-state index contributed by atoms with van der Waals surface area (Å²) in [5.41, 5.74) is 4.58. The molecule has 0 aromatic heterocycles. The molecule has 0 saturated carbocycles. The number of hydrogen-bond acceptors (Lipinski definition) is 5. The van der Waals surface area contributed by atoms with Crippen LogP contribution < -0.4 is 14.8 Å². The monoisotopic (exact) mass is 412 g/mol. The summed E-state index contributed by atoms with van der Waals surface area (Å²) in [5, 5.41) is 3.03. The van der Waals surface area contributed by atoms with Crippen LogP contribution in [0.5, 0.6) is 11.5 Å². The van der Waals surface area contributed by atoms with Crippen LogP contribution in [0.4, 0.5) is 0 Å². The van der Waals surface area contributed by atoms with E-state index in [4.69, 9.17) is 14.2 Å². The molecule has 0 spiro atoms. The van der Waals surface area contributed by atoms with E-state index >= 15 is 0 Å². The Labute approximate surface area is 179 Å². The third kappa shape index (κ3) is 5.97. The standard InChI is InChI=1S/C24H32N2O4/c1-17-5-6-18(2)21(13-17)19(3)25-24(27)16-30-23-14-20(7-8-22(23)28-4)15-26-9-11-29-12-10-26/h5-8,13-14,19H,9-12,15-16H2,1-4H3,(H,25,27). The maximum atomic E-state index is 12.5. The van der Waals surface area contributed by atoms with Gasteiger partial charge in [0.05, 0.1) is 26.4 Å². The Morgan fingerprint density at radius 1 is 1.13 bits per heavy atom. The second-order valence-corrected chi connectivity index (χ2v) is 7.81. The molecule has 0 bridgehead atoms. The molecule has 6 heteroatoms. The molecule has 2 aromatic rings. The summed E-state index contributed by atoms with van der Waals surface area (Å²) in [6.45, 7) is 10.2. The summed E-state index contributed by atoms with van der Waals surface area (Å²) in [6.07, 6.45) is 0. The summed E-state index contributed by atoms with van der Waals surface area (Å²) in [5.74, 6) is 1.04. The first kappa shape index (κ1) is 22.1. The number of ether oxygens (including phenoxy) is 3. The molecular formula is C24H32N2O4. The van der Waals surface area contributed by atoms with Crippen LogP contribution in [0.1, 0.15) is 35.2 Å². The number of amides is 1. The number of nitrogens with zero attached hydrogens (tertiary/aromatic N) is 1. The van der Waals surface area contributed by atoms with E-state index in [0.717, 1.165) is 49.5 Å². The number of methoxy groups -OCH3 is 1. The Hall–Kier alpha value is -2.57. The smallest absolute Gasteiger partial charge is 0.258 e. The number of nitrogens with one attached hydrogen (secondary N) is 1. The van der Waals surface area contributed by atoms with E-state index in [2.05, 4.69) is 42.3 Å². The van der Waals surface area contributed by atoms with Gasteiger partial charge in [-0.25, -0.2) is 0 Å². The normalized spacial score (nSPS) is 15.5. The van der Waals surface area contributed by atoms with Gasteiger partial charge < -0.3 is 19.5 Å². The molecule has 162 valence electrons. The lowest BCUT2D eigenvalue weighted by molar-refractivity contribution is -0.123. The number of carbonyl (C=O) groups is 1. The molecule has 1 atom stereocenters. The van der Waals surface area contributed by atoms with E-state index in [-0.39, 0.29) is 18.6 Å². The molecule has 1 heterocycles. The topological polar surface area (TPSA) is 60.0 Å². The van der Waals surface area contributed by atoms with Crippen molar-refractivity contribution in [1.29, 1.82) is 0 Å². The van der Waals surface area contributed by atoms with Crippen molar-refractivity contribution in [2.75, 3.05) is 40.0 Å². The molecule has 30 heavy (non-hydrogen) atoms. The van der Waals surface area contributed by atoms with Crippen molar-refractivity contribution in [3.05, 3.63) is 58.7 Å². The Bertz CT molecular complexity index is 862. The summed E-state index contributed by atoms with van der Waals surface area (Å²) >= 11 is 0. The van der Waals surface area contributed by atoms with Crippen molar-refractivity contribution in [2.24, 2.45) is 0 Å². The maximum Gasteiger partial charge on any atom is 0.258 e. The van der Waals surface area contributed by atoms with Gasteiger partial charge in [-0.05, 0) is 49.6 Å². The third-order valence-corrected chi connectivity index (χ3v) is 5.38. The van der Waals surface area contributed by atoms with E-state index in [1.807, 2.05) is 25.1 Å². The Balaban J connectivity index is 1.60. The zero-order chi connectivity index (χ0) is 21.5. The number of hydrogen-bond donors (Lipinski definition) is 1. The van der Waals surface area contributed by atoms with Crippen LogP contribution in [0.3, 0.4) is 0 Å². The first-order valence-corrected chi connectivity index (χ1v) is 10.4. The lowest BCUT2D eigenvalue weighted by atomic mass is 10.00. The molecule has 1 unspecified atom stereocenters. The first-order valence-electron chi connectivity index (χ1n) is 10.4. The van der Waals surface area contributed by atoms with Gasteiger partial charge in [-0.2, -0.15) is 0 Å². The van der Waals surface area contributed by atoms with Crippen molar-refractivity contribution in [1.82, 2.24) is 10.2 Å². The number of carbonyl (C=O) groups excluding carboxylic acids is 1. The predicted octanol–water partition coefficient (Wildman–Crippen LogP) is 3.40. The molecule has 1 aliphatic rings. The van der Waals surface area contributed by atoms with Crippen LogP contribution in [0, 0.1) is 13.8 Å². The highest BCUT2D eigenvalue weighted by Gasteiger charge is 2.15. The molecular weight excluding hydrogens is 380 g/mol. The van der Waals surface area contributed by atoms with E-state index in [1.165, 1.54) is 5.56 Å². The van der Waals surface area contributed by atoms with Crippen molar-refractivity contribution < 1.29 is 19.0 Å². The van der Waals surface area contributed by atoms with Crippen LogP contribution in [0.15, 0.2) is 36.4 Å². The van der Waals surface area contributed by atoms with Gasteiger partial charge in [0.1, 0.15) is 0 Å². The first-order chi connectivity index (χ1) is 14.5. The minimum Gasteiger partial charge on any atom is -0.493 e. The molecule has 1 aliphatic heterocycles. The van der Waals surface area contributed by atoms with Gasteiger partial charge in [-0.1, -0.05) is 29.8 Å². The number of aryl methyl sites for hydroxylation is 2. The van der Waals surface area contributed by atoms with Gasteiger partial charge in [-0.15, -0.1) is 0 Å². The van der Waals surface area contributed by atoms with Crippen LogP contribution in [0.2, 0.25) is 0 Å². The fourth-order valence-corrected chi connectivity index (χ4v) is 3.68. The summed E-state index contributed by atoms with van der Waals surface area (Å²) in [6, 6.07) is 12.1. The Kier molecular flexibility index (Phi) is 7.71. The highest BCUT2D eigenvalue weighted by atomic mass is 16.5. The van der Waals surface area contributed by atoms with Gasteiger partial charge in [0.2, 0.25) is 0 Å². The van der Waals surface area contributed by atoms with Crippen molar-refractivity contribution >= 4 is 5.91 Å². The zero-order valence-corrected chi connectivity index (χ0v) is 18.4. The lowest BCUT2D eigenvalue weighted by Crippen LogP contribution is -2.35. The summed E-state index contributed by atoms with van der Waals surface area (Å²) in [4.78, 5) is 14.8.